The molecule has 12 heavy (non-hydrogen) atoms. The first-order chi connectivity index (χ1) is 5.77. The highest BCUT2D eigenvalue weighted by molar-refractivity contribution is 7.85. The Balaban J connectivity index is 2.30. The quantitative estimate of drug-likeness (QED) is 0.722. The van der Waals surface area contributed by atoms with Crippen LogP contribution in [0.3, 0.4) is 0 Å². The topological polar surface area (TPSA) is 29.1 Å². The molecule has 1 aliphatic rings. The fourth-order valence-electron chi connectivity index (χ4n) is 1.89. The molecule has 0 aliphatic heterocycles. The summed E-state index contributed by atoms with van der Waals surface area (Å²) in [5.41, 5.74) is 0. The lowest BCUT2D eigenvalue weighted by molar-refractivity contribution is 0.542. The highest BCUT2D eigenvalue weighted by Crippen LogP contribution is 2.23. The molecule has 1 aliphatic carbocycles. The van der Waals surface area contributed by atoms with Crippen LogP contribution in [0.5, 0.6) is 0 Å². The average Bonchev–Trinajstić information content (AvgIpc) is 2.52. The molecule has 3 atom stereocenters. The molecule has 1 fully saturated rings. The summed E-state index contributed by atoms with van der Waals surface area (Å²) in [7, 11) is -0.567. The van der Waals surface area contributed by atoms with Gasteiger partial charge in [0.15, 0.2) is 0 Å². The van der Waals surface area contributed by atoms with E-state index in [0.717, 1.165) is 25.1 Å². The Morgan fingerprint density at radius 1 is 1.42 bits per heavy atom. The lowest BCUT2D eigenvalue weighted by atomic mass is 10.2. The van der Waals surface area contributed by atoms with Crippen molar-refractivity contribution in [2.24, 2.45) is 0 Å². The smallest absolute Gasteiger partial charge is 0.0363 e. The molecule has 0 aromatic heterocycles. The van der Waals surface area contributed by atoms with E-state index in [1.165, 1.54) is 6.42 Å². The van der Waals surface area contributed by atoms with E-state index in [9.17, 15) is 4.21 Å². The molecule has 0 spiro atoms. The molecule has 0 aromatic rings. The van der Waals surface area contributed by atoms with Crippen molar-refractivity contribution in [3.05, 3.63) is 0 Å². The maximum atomic E-state index is 11.4. The van der Waals surface area contributed by atoms with Crippen LogP contribution in [-0.2, 0) is 10.8 Å². The van der Waals surface area contributed by atoms with Crippen LogP contribution in [0.4, 0.5) is 0 Å². The van der Waals surface area contributed by atoms with Crippen molar-refractivity contribution in [1.82, 2.24) is 5.32 Å². The number of nitrogens with one attached hydrogen (secondary N) is 1. The van der Waals surface area contributed by atoms with E-state index in [0.29, 0.717) is 11.3 Å². The molecule has 0 radical (unpaired) electrons. The van der Waals surface area contributed by atoms with Gasteiger partial charge in [-0.2, -0.15) is 0 Å². The Hall–Kier alpha value is 0.110. The van der Waals surface area contributed by atoms with Crippen LogP contribution in [0.15, 0.2) is 0 Å². The summed E-state index contributed by atoms with van der Waals surface area (Å²) in [5.74, 6) is 0.823. The molecule has 72 valence electrons. The molecule has 0 bridgehead atoms. The molecular formula is C9H19NOS. The lowest BCUT2D eigenvalue weighted by Gasteiger charge is -2.10. The maximum absolute atomic E-state index is 11.4. The van der Waals surface area contributed by atoms with Crippen molar-refractivity contribution in [2.45, 2.75) is 44.4 Å². The molecule has 1 saturated carbocycles. The normalized spacial score (nSPS) is 32.2. The molecule has 0 aromatic carbocycles. The monoisotopic (exact) mass is 189 g/mol. The van der Waals surface area contributed by atoms with E-state index >= 15 is 0 Å². The zero-order chi connectivity index (χ0) is 8.97. The van der Waals surface area contributed by atoms with E-state index in [2.05, 4.69) is 12.2 Å². The van der Waals surface area contributed by atoms with Crippen LogP contribution in [0.25, 0.3) is 0 Å². The zero-order valence-electron chi connectivity index (χ0n) is 8.01. The van der Waals surface area contributed by atoms with Crippen LogP contribution in [-0.4, -0.2) is 27.8 Å². The summed E-state index contributed by atoms with van der Waals surface area (Å²) in [6, 6.07) is 0.635. The summed E-state index contributed by atoms with van der Waals surface area (Å²) in [6.07, 6.45) is 3.48. The summed E-state index contributed by atoms with van der Waals surface area (Å²) in [5, 5.41) is 3.89. The molecule has 0 heterocycles. The van der Waals surface area contributed by atoms with Crippen LogP contribution in [0.1, 0.15) is 33.1 Å². The van der Waals surface area contributed by atoms with E-state index < -0.39 is 10.8 Å². The number of hydrogen-bond donors (Lipinski definition) is 1. The molecule has 0 amide bonds. The van der Waals surface area contributed by atoms with Crippen molar-refractivity contribution in [3.8, 4) is 0 Å². The van der Waals surface area contributed by atoms with Gasteiger partial charge in [0.25, 0.3) is 0 Å². The van der Waals surface area contributed by atoms with Gasteiger partial charge < -0.3 is 5.32 Å². The van der Waals surface area contributed by atoms with Gasteiger partial charge >= 0.3 is 0 Å². The first kappa shape index (κ1) is 10.2. The second-order valence-corrected chi connectivity index (χ2v) is 5.36. The zero-order valence-corrected chi connectivity index (χ0v) is 8.82. The Labute approximate surface area is 77.6 Å². The van der Waals surface area contributed by atoms with Crippen LogP contribution < -0.4 is 5.32 Å². The van der Waals surface area contributed by atoms with Gasteiger partial charge in [0.1, 0.15) is 0 Å². The predicted octanol–water partition coefficient (Wildman–Crippen LogP) is 1.29. The fraction of sp³-hybridized carbons (Fsp3) is 1.00. The standard InChI is InChI=1S/C9H19NOS/c1-3-10-8-5-6-9(7-8)12(11)4-2/h8-10H,3-7H2,1-2H3. The van der Waals surface area contributed by atoms with E-state index in [4.69, 9.17) is 0 Å². The first-order valence-corrected chi connectivity index (χ1v) is 6.26. The molecule has 3 unspecified atom stereocenters. The van der Waals surface area contributed by atoms with Crippen molar-refractivity contribution >= 4 is 10.8 Å². The van der Waals surface area contributed by atoms with Gasteiger partial charge in [-0.25, -0.2) is 0 Å². The fourth-order valence-corrected chi connectivity index (χ4v) is 3.21. The minimum atomic E-state index is -0.567. The third kappa shape index (κ3) is 2.56. The minimum Gasteiger partial charge on any atom is -0.314 e. The summed E-state index contributed by atoms with van der Waals surface area (Å²) in [6.45, 7) is 5.18. The molecule has 0 saturated heterocycles. The van der Waals surface area contributed by atoms with E-state index in [1.807, 2.05) is 6.92 Å². The SMILES string of the molecule is CCNC1CCC(S(=O)CC)C1. The number of rotatable bonds is 4. The third-order valence-electron chi connectivity index (χ3n) is 2.53. The second-order valence-electron chi connectivity index (χ2n) is 3.36. The predicted molar refractivity (Wildman–Crippen MR) is 53.8 cm³/mol. The van der Waals surface area contributed by atoms with Crippen molar-refractivity contribution in [2.75, 3.05) is 12.3 Å². The molecule has 1 rings (SSSR count). The minimum absolute atomic E-state index is 0.471. The van der Waals surface area contributed by atoms with Gasteiger partial charge in [0.2, 0.25) is 0 Å². The summed E-state index contributed by atoms with van der Waals surface area (Å²) < 4.78 is 11.4. The number of hydrogen-bond acceptors (Lipinski definition) is 2. The van der Waals surface area contributed by atoms with Gasteiger partial charge in [0, 0.05) is 27.8 Å². The molecular weight excluding hydrogens is 170 g/mol. The molecule has 3 heteroatoms. The van der Waals surface area contributed by atoms with Gasteiger partial charge in [-0.3, -0.25) is 4.21 Å². The lowest BCUT2D eigenvalue weighted by Crippen LogP contribution is -2.27. The van der Waals surface area contributed by atoms with Crippen LogP contribution in [0, 0.1) is 0 Å². The van der Waals surface area contributed by atoms with E-state index in [-0.39, 0.29) is 0 Å². The Morgan fingerprint density at radius 2 is 2.17 bits per heavy atom. The molecule has 1 N–H and O–H groups in total. The Morgan fingerprint density at radius 3 is 2.75 bits per heavy atom. The Kier molecular flexibility index (Phi) is 4.22. The van der Waals surface area contributed by atoms with Crippen LogP contribution >= 0.6 is 0 Å². The summed E-state index contributed by atoms with van der Waals surface area (Å²) >= 11 is 0. The highest BCUT2D eigenvalue weighted by Gasteiger charge is 2.27. The first-order valence-electron chi connectivity index (χ1n) is 4.88. The average molecular weight is 189 g/mol. The van der Waals surface area contributed by atoms with Crippen LogP contribution in [0.2, 0.25) is 0 Å². The van der Waals surface area contributed by atoms with Gasteiger partial charge in [-0.05, 0) is 25.8 Å². The maximum Gasteiger partial charge on any atom is 0.0363 e. The second kappa shape index (κ2) is 4.97. The van der Waals surface area contributed by atoms with Crippen molar-refractivity contribution < 1.29 is 4.21 Å². The van der Waals surface area contributed by atoms with E-state index in [1.54, 1.807) is 0 Å². The van der Waals surface area contributed by atoms with Gasteiger partial charge in [-0.1, -0.05) is 13.8 Å². The Bertz CT molecular complexity index is 161. The largest absolute Gasteiger partial charge is 0.314 e. The van der Waals surface area contributed by atoms with Crippen molar-refractivity contribution in [3.63, 3.8) is 0 Å². The van der Waals surface area contributed by atoms with Crippen molar-refractivity contribution in [1.29, 1.82) is 0 Å². The third-order valence-corrected chi connectivity index (χ3v) is 4.27. The van der Waals surface area contributed by atoms with Gasteiger partial charge in [0.05, 0.1) is 0 Å². The van der Waals surface area contributed by atoms with Gasteiger partial charge in [-0.15, -0.1) is 0 Å². The highest BCUT2D eigenvalue weighted by atomic mass is 32.2. The molecule has 2 nitrogen and oxygen atoms in total. The summed E-state index contributed by atoms with van der Waals surface area (Å²) in [4.78, 5) is 0.